The molecule has 324 valence electrons. The number of hydrogen-bond donors (Lipinski definition) is 0. The molecule has 13 aromatic rings. The molecule has 0 aliphatic rings. The summed E-state index contributed by atoms with van der Waals surface area (Å²) in [6.07, 6.45) is 0. The van der Waals surface area contributed by atoms with Crippen molar-refractivity contribution in [2.75, 3.05) is 0 Å². The Labute approximate surface area is 405 Å². The number of fused-ring (bicyclic) bond motifs is 6. The van der Waals surface area contributed by atoms with E-state index in [0.717, 1.165) is 27.9 Å². The van der Waals surface area contributed by atoms with Gasteiger partial charge in [-0.15, -0.1) is 11.3 Å². The monoisotopic (exact) mass is 914 g/mol. The van der Waals surface area contributed by atoms with Crippen LogP contribution in [0, 0.1) is 0 Å². The molecule has 0 N–H and O–H groups in total. The minimum atomic E-state index is -2.85. The average Bonchev–Trinajstić information content (AvgIpc) is 3.98. The zero-order valence-corrected chi connectivity index (χ0v) is 39.3. The molecule has 0 radical (unpaired) electrons. The van der Waals surface area contributed by atoms with Crippen LogP contribution in [0.25, 0.3) is 93.0 Å². The average molecular weight is 915 g/mol. The highest BCUT2D eigenvalue weighted by Crippen LogP contribution is 2.41. The molecule has 0 spiro atoms. The second-order valence-corrected chi connectivity index (χ2v) is 22.4. The van der Waals surface area contributed by atoms with Crippen molar-refractivity contribution in [3.8, 4) is 51.0 Å². The number of nitrogens with zero attached hydrogens (tertiary/aromatic N) is 4. The Kier molecular flexibility index (Phi) is 10.00. The predicted octanol–water partition coefficient (Wildman–Crippen LogP) is 13.4. The first-order chi connectivity index (χ1) is 34.2. The molecule has 0 aliphatic carbocycles. The SMILES string of the molecule is c1ccc([Si](c2ccccc2)(c2ccccc2)c2cccc(-c3nc(-c4ccc(-n5c6ccccc6c6ccccc65)cc4)nc(-c4cccc(-c5cccc6sc7ccccc7c56)c4)n3)c2)cc1. The summed E-state index contributed by atoms with van der Waals surface area (Å²) >= 11 is 1.84. The molecule has 3 heterocycles. The van der Waals surface area contributed by atoms with E-state index in [-0.39, 0.29) is 0 Å². The van der Waals surface area contributed by atoms with Gasteiger partial charge in [-0.05, 0) is 86.5 Å². The molecule has 0 saturated carbocycles. The first kappa shape index (κ1) is 40.7. The van der Waals surface area contributed by atoms with Gasteiger partial charge in [-0.25, -0.2) is 15.0 Å². The smallest absolute Gasteiger partial charge is 0.179 e. The Bertz CT molecular complexity index is 3860. The van der Waals surface area contributed by atoms with Gasteiger partial charge in [0.05, 0.1) is 11.0 Å². The van der Waals surface area contributed by atoms with Crippen molar-refractivity contribution in [3.63, 3.8) is 0 Å². The van der Waals surface area contributed by atoms with Crippen molar-refractivity contribution in [3.05, 3.63) is 255 Å². The quantitative estimate of drug-likeness (QED) is 0.107. The Balaban J connectivity index is 1.000. The van der Waals surface area contributed by atoms with E-state index in [2.05, 4.69) is 259 Å². The lowest BCUT2D eigenvalue weighted by atomic mass is 9.98. The van der Waals surface area contributed by atoms with Crippen molar-refractivity contribution >= 4 is 82.1 Å². The molecule has 0 unspecified atom stereocenters. The highest BCUT2D eigenvalue weighted by atomic mass is 32.1. The molecule has 3 aromatic heterocycles. The fraction of sp³-hybridized carbons (Fsp3) is 0. The molecule has 0 bridgehead atoms. The van der Waals surface area contributed by atoms with Crippen LogP contribution in [0.5, 0.6) is 0 Å². The highest BCUT2D eigenvalue weighted by molar-refractivity contribution is 7.26. The fourth-order valence-corrected chi connectivity index (χ4v) is 16.4. The maximum atomic E-state index is 5.40. The summed E-state index contributed by atoms with van der Waals surface area (Å²) in [5, 5.41) is 10.2. The van der Waals surface area contributed by atoms with Gasteiger partial charge in [0.15, 0.2) is 25.5 Å². The zero-order valence-electron chi connectivity index (χ0n) is 37.4. The minimum Gasteiger partial charge on any atom is -0.309 e. The highest BCUT2D eigenvalue weighted by Gasteiger charge is 2.41. The molecule has 0 saturated heterocycles. The van der Waals surface area contributed by atoms with Gasteiger partial charge in [0.25, 0.3) is 0 Å². The van der Waals surface area contributed by atoms with E-state index in [1.807, 2.05) is 11.3 Å². The van der Waals surface area contributed by atoms with Crippen molar-refractivity contribution in [2.45, 2.75) is 0 Å². The van der Waals surface area contributed by atoms with Gasteiger partial charge in [-0.1, -0.05) is 200 Å². The van der Waals surface area contributed by atoms with Crippen LogP contribution in [0.3, 0.4) is 0 Å². The molecule has 0 atom stereocenters. The summed E-state index contributed by atoms with van der Waals surface area (Å²) in [6.45, 7) is 0. The molecular formula is C63H42N4SSi. The van der Waals surface area contributed by atoms with Gasteiger partial charge in [0.2, 0.25) is 0 Å². The van der Waals surface area contributed by atoms with E-state index in [1.165, 1.54) is 68.3 Å². The molecule has 4 nitrogen and oxygen atoms in total. The molecular weight excluding hydrogens is 873 g/mol. The lowest BCUT2D eigenvalue weighted by Crippen LogP contribution is -2.74. The lowest BCUT2D eigenvalue weighted by Gasteiger charge is -2.34. The van der Waals surface area contributed by atoms with Crippen LogP contribution >= 0.6 is 11.3 Å². The molecule has 69 heavy (non-hydrogen) atoms. The van der Waals surface area contributed by atoms with E-state index in [0.29, 0.717) is 17.5 Å². The number of rotatable bonds is 9. The van der Waals surface area contributed by atoms with Crippen LogP contribution in [-0.4, -0.2) is 27.6 Å². The number of aromatic nitrogens is 4. The van der Waals surface area contributed by atoms with E-state index in [4.69, 9.17) is 15.0 Å². The van der Waals surface area contributed by atoms with Gasteiger partial charge in [0, 0.05) is 53.3 Å². The van der Waals surface area contributed by atoms with Crippen molar-refractivity contribution < 1.29 is 0 Å². The molecule has 6 heteroatoms. The molecule has 10 aromatic carbocycles. The Hall–Kier alpha value is -8.55. The topological polar surface area (TPSA) is 43.6 Å². The van der Waals surface area contributed by atoms with E-state index >= 15 is 0 Å². The normalized spacial score (nSPS) is 11.8. The van der Waals surface area contributed by atoms with E-state index in [9.17, 15) is 0 Å². The van der Waals surface area contributed by atoms with Gasteiger partial charge in [-0.3, -0.25) is 0 Å². The standard InChI is InChI=1S/C63H42N4SSi/c1-4-22-48(23-5-1)69(49-24-6-2-7-25-49,50-26-8-3-9-27-50)51-28-17-21-46(42-51)63-65-61(43-37-39-47(40-38-43)67-56-33-13-10-29-53(56)54-30-11-14-34-57(54)67)64-62(66-63)45-20-16-19-44(41-45)52-32-18-36-59-60(52)55-31-12-15-35-58(55)68-59/h1-42H. The molecule has 0 amide bonds. The van der Waals surface area contributed by atoms with Gasteiger partial charge in [-0.2, -0.15) is 0 Å². The van der Waals surface area contributed by atoms with Crippen LogP contribution in [0.4, 0.5) is 0 Å². The number of thiophene rings is 1. The summed E-state index contributed by atoms with van der Waals surface area (Å²) in [4.78, 5) is 16.1. The third-order valence-electron chi connectivity index (χ3n) is 13.6. The maximum absolute atomic E-state index is 5.40. The van der Waals surface area contributed by atoms with Crippen LogP contribution in [0.2, 0.25) is 0 Å². The van der Waals surface area contributed by atoms with E-state index < -0.39 is 8.07 Å². The van der Waals surface area contributed by atoms with Crippen LogP contribution in [-0.2, 0) is 0 Å². The predicted molar refractivity (Wildman–Crippen MR) is 292 cm³/mol. The maximum Gasteiger partial charge on any atom is 0.179 e. The van der Waals surface area contributed by atoms with Gasteiger partial charge >= 0.3 is 0 Å². The second-order valence-electron chi connectivity index (χ2n) is 17.5. The van der Waals surface area contributed by atoms with Crippen LogP contribution in [0.1, 0.15) is 0 Å². The van der Waals surface area contributed by atoms with Crippen molar-refractivity contribution in [1.29, 1.82) is 0 Å². The molecule has 0 aliphatic heterocycles. The second kappa shape index (κ2) is 17.0. The Morgan fingerprint density at radius 2 is 0.768 bits per heavy atom. The fourth-order valence-electron chi connectivity index (χ4n) is 10.5. The van der Waals surface area contributed by atoms with Gasteiger partial charge in [0.1, 0.15) is 0 Å². The molecule has 0 fully saturated rings. The molecule has 13 rings (SSSR count). The van der Waals surface area contributed by atoms with Crippen molar-refractivity contribution in [1.82, 2.24) is 19.5 Å². The van der Waals surface area contributed by atoms with E-state index in [1.54, 1.807) is 0 Å². The Morgan fingerprint density at radius 1 is 0.319 bits per heavy atom. The van der Waals surface area contributed by atoms with Gasteiger partial charge < -0.3 is 4.57 Å². The third-order valence-corrected chi connectivity index (χ3v) is 19.5. The third kappa shape index (κ3) is 6.91. The lowest BCUT2D eigenvalue weighted by molar-refractivity contribution is 1.07. The minimum absolute atomic E-state index is 0.614. The van der Waals surface area contributed by atoms with Crippen molar-refractivity contribution in [2.24, 2.45) is 0 Å². The van der Waals surface area contributed by atoms with Crippen LogP contribution < -0.4 is 20.7 Å². The summed E-state index contributed by atoms with van der Waals surface area (Å²) in [6, 6.07) is 92.0. The largest absolute Gasteiger partial charge is 0.309 e. The Morgan fingerprint density at radius 3 is 1.38 bits per heavy atom. The summed E-state index contributed by atoms with van der Waals surface area (Å²) in [7, 11) is -2.85. The summed E-state index contributed by atoms with van der Waals surface area (Å²) in [5.41, 5.74) is 8.49. The first-order valence-corrected chi connectivity index (χ1v) is 26.2. The van der Waals surface area contributed by atoms with Crippen LogP contribution in [0.15, 0.2) is 255 Å². The first-order valence-electron chi connectivity index (χ1n) is 23.3. The summed E-state index contributed by atoms with van der Waals surface area (Å²) < 4.78 is 4.90. The zero-order chi connectivity index (χ0) is 45.7. The summed E-state index contributed by atoms with van der Waals surface area (Å²) in [5.74, 6) is 1.86. The number of para-hydroxylation sites is 2. The number of benzene rings is 10. The number of hydrogen-bond acceptors (Lipinski definition) is 4.